The van der Waals surface area contributed by atoms with Crippen molar-refractivity contribution in [2.24, 2.45) is 0 Å². The predicted molar refractivity (Wildman–Crippen MR) is 120 cm³/mol. The fourth-order valence-electron chi connectivity index (χ4n) is 3.47. The van der Waals surface area contributed by atoms with Crippen molar-refractivity contribution in [3.63, 3.8) is 0 Å². The molecule has 142 valence electrons. The quantitative estimate of drug-likeness (QED) is 0.384. The van der Waals surface area contributed by atoms with Crippen LogP contribution in [0.2, 0.25) is 0 Å². The summed E-state index contributed by atoms with van der Waals surface area (Å²) in [6.45, 7) is 9.00. The van der Waals surface area contributed by atoms with Gasteiger partial charge in [-0.25, -0.2) is 4.98 Å². The van der Waals surface area contributed by atoms with Crippen LogP contribution in [-0.2, 0) is 5.41 Å². The number of H-pyrrole nitrogens is 1. The fourth-order valence-corrected chi connectivity index (χ4v) is 4.39. The molecule has 2 aromatic carbocycles. The van der Waals surface area contributed by atoms with Gasteiger partial charge in [0.05, 0.1) is 0 Å². The molecule has 0 aliphatic heterocycles. The first-order valence-corrected chi connectivity index (χ1v) is 10.6. The van der Waals surface area contributed by atoms with Crippen LogP contribution >= 0.6 is 11.3 Å². The van der Waals surface area contributed by atoms with Gasteiger partial charge in [0.1, 0.15) is 5.01 Å². The van der Waals surface area contributed by atoms with Crippen LogP contribution in [0.3, 0.4) is 0 Å². The molecule has 2 nitrogen and oxygen atoms in total. The van der Waals surface area contributed by atoms with E-state index < -0.39 is 0 Å². The maximum absolute atomic E-state index is 4.61. The maximum atomic E-state index is 4.61. The van der Waals surface area contributed by atoms with E-state index in [0.29, 0.717) is 5.92 Å². The van der Waals surface area contributed by atoms with Gasteiger partial charge in [0, 0.05) is 34.4 Å². The highest BCUT2D eigenvalue weighted by Gasteiger charge is 2.23. The van der Waals surface area contributed by atoms with Gasteiger partial charge in [-0.15, -0.1) is 11.3 Å². The van der Waals surface area contributed by atoms with Crippen LogP contribution in [0.5, 0.6) is 0 Å². The van der Waals surface area contributed by atoms with Crippen LogP contribution in [0.15, 0.2) is 73.2 Å². The molecule has 0 aliphatic rings. The van der Waals surface area contributed by atoms with Crippen molar-refractivity contribution in [1.82, 2.24) is 9.97 Å². The van der Waals surface area contributed by atoms with E-state index in [2.05, 4.69) is 92.3 Å². The fraction of sp³-hybridized carbons (Fsp3) is 0.240. The lowest BCUT2D eigenvalue weighted by Gasteiger charge is -2.26. The number of benzene rings is 2. The topological polar surface area (TPSA) is 28.7 Å². The van der Waals surface area contributed by atoms with Crippen molar-refractivity contribution in [3.05, 3.63) is 89.2 Å². The SMILES string of the molecule is CC(C)c1cnc(-c2ccc(C(C)(C)c3ccc(-c4cc[nH]c4)cc3)cc2)s1. The minimum atomic E-state index is -0.0544. The smallest absolute Gasteiger partial charge is 0.123 e. The third-order valence-corrected chi connectivity index (χ3v) is 6.83. The molecule has 0 amide bonds. The van der Waals surface area contributed by atoms with Gasteiger partial charge in [-0.2, -0.15) is 0 Å². The molecule has 0 radical (unpaired) electrons. The third-order valence-electron chi connectivity index (χ3n) is 5.48. The van der Waals surface area contributed by atoms with Crippen molar-refractivity contribution < 1.29 is 0 Å². The van der Waals surface area contributed by atoms with Gasteiger partial charge in [-0.05, 0) is 34.2 Å². The van der Waals surface area contributed by atoms with Gasteiger partial charge in [0.25, 0.3) is 0 Å². The van der Waals surface area contributed by atoms with Gasteiger partial charge >= 0.3 is 0 Å². The van der Waals surface area contributed by atoms with E-state index in [1.54, 1.807) is 11.3 Å². The van der Waals surface area contributed by atoms with Gasteiger partial charge in [-0.3, -0.25) is 0 Å². The summed E-state index contributed by atoms with van der Waals surface area (Å²) in [7, 11) is 0. The summed E-state index contributed by atoms with van der Waals surface area (Å²) >= 11 is 1.79. The second-order valence-electron chi connectivity index (χ2n) is 8.10. The number of nitrogens with one attached hydrogen (secondary N) is 1. The molecule has 1 N–H and O–H groups in total. The zero-order valence-corrected chi connectivity index (χ0v) is 17.7. The van der Waals surface area contributed by atoms with Crippen LogP contribution in [0.1, 0.15) is 49.6 Å². The number of hydrogen-bond donors (Lipinski definition) is 1. The van der Waals surface area contributed by atoms with Crippen LogP contribution in [0, 0.1) is 0 Å². The molecule has 0 spiro atoms. The van der Waals surface area contributed by atoms with Crippen molar-refractivity contribution in [2.75, 3.05) is 0 Å². The molecule has 4 aromatic rings. The Morgan fingerprint density at radius 1 is 0.821 bits per heavy atom. The van der Waals surface area contributed by atoms with Crippen LogP contribution in [-0.4, -0.2) is 9.97 Å². The average molecular weight is 387 g/mol. The molecule has 4 rings (SSSR count). The van der Waals surface area contributed by atoms with Crippen molar-refractivity contribution in [2.45, 2.75) is 39.0 Å². The van der Waals surface area contributed by atoms with E-state index in [4.69, 9.17) is 0 Å². The lowest BCUT2D eigenvalue weighted by atomic mass is 9.77. The van der Waals surface area contributed by atoms with Crippen molar-refractivity contribution in [3.8, 4) is 21.7 Å². The number of nitrogens with zero attached hydrogens (tertiary/aromatic N) is 1. The summed E-state index contributed by atoms with van der Waals surface area (Å²) in [5.74, 6) is 0.527. The summed E-state index contributed by atoms with van der Waals surface area (Å²) < 4.78 is 0. The van der Waals surface area contributed by atoms with Crippen LogP contribution < -0.4 is 0 Å². The molecule has 0 aliphatic carbocycles. The minimum absolute atomic E-state index is 0.0544. The molecular weight excluding hydrogens is 360 g/mol. The van der Waals surface area contributed by atoms with Gasteiger partial charge in [-0.1, -0.05) is 76.2 Å². The zero-order valence-electron chi connectivity index (χ0n) is 16.9. The van der Waals surface area contributed by atoms with Crippen LogP contribution in [0.25, 0.3) is 21.7 Å². The highest BCUT2D eigenvalue weighted by atomic mass is 32.1. The Bertz CT molecular complexity index is 1040. The zero-order chi connectivity index (χ0) is 19.7. The number of hydrogen-bond acceptors (Lipinski definition) is 2. The Morgan fingerprint density at radius 3 is 1.93 bits per heavy atom. The van der Waals surface area contributed by atoms with Crippen molar-refractivity contribution >= 4 is 11.3 Å². The average Bonchev–Trinajstić information content (AvgIpc) is 3.40. The molecule has 0 fully saturated rings. The Kier molecular flexibility index (Phi) is 4.94. The maximum Gasteiger partial charge on any atom is 0.123 e. The van der Waals surface area contributed by atoms with Gasteiger partial charge in [0.15, 0.2) is 0 Å². The third kappa shape index (κ3) is 3.55. The molecule has 28 heavy (non-hydrogen) atoms. The van der Waals surface area contributed by atoms with Gasteiger partial charge < -0.3 is 4.98 Å². The molecule has 0 unspecified atom stereocenters. The Hall–Kier alpha value is -2.65. The largest absolute Gasteiger partial charge is 0.367 e. The van der Waals surface area contributed by atoms with E-state index in [1.165, 1.54) is 32.7 Å². The standard InChI is InChI=1S/C25H26N2S/c1-17(2)23-16-27-24(28-23)19-7-11-22(12-8-19)25(3,4)21-9-5-18(6-10-21)20-13-14-26-15-20/h5-17,26H,1-4H3. The lowest BCUT2D eigenvalue weighted by molar-refractivity contribution is 0.641. The first kappa shape index (κ1) is 18.7. The summed E-state index contributed by atoms with van der Waals surface area (Å²) in [4.78, 5) is 9.06. The molecule has 0 atom stereocenters. The monoisotopic (exact) mass is 386 g/mol. The summed E-state index contributed by atoms with van der Waals surface area (Å²) in [5, 5.41) is 1.10. The molecule has 2 aromatic heterocycles. The van der Waals surface area contributed by atoms with Crippen molar-refractivity contribution in [1.29, 1.82) is 0 Å². The Labute approximate surface area is 171 Å². The number of rotatable bonds is 5. The number of aromatic nitrogens is 2. The normalized spacial score (nSPS) is 11.9. The highest BCUT2D eigenvalue weighted by Crippen LogP contribution is 2.35. The molecule has 0 bridgehead atoms. The van der Waals surface area contributed by atoms with E-state index in [0.717, 1.165) is 5.01 Å². The minimum Gasteiger partial charge on any atom is -0.367 e. The van der Waals surface area contributed by atoms with Crippen LogP contribution in [0.4, 0.5) is 0 Å². The summed E-state index contributed by atoms with van der Waals surface area (Å²) in [5.41, 5.74) is 6.22. The molecular formula is C25H26N2S. The number of thiazole rings is 1. The lowest BCUT2D eigenvalue weighted by Crippen LogP contribution is -2.18. The number of aromatic amines is 1. The molecule has 2 heterocycles. The highest BCUT2D eigenvalue weighted by molar-refractivity contribution is 7.15. The van der Waals surface area contributed by atoms with E-state index in [9.17, 15) is 0 Å². The first-order valence-electron chi connectivity index (χ1n) is 9.75. The first-order chi connectivity index (χ1) is 13.4. The second-order valence-corrected chi connectivity index (χ2v) is 9.16. The Balaban J connectivity index is 1.58. The predicted octanol–water partition coefficient (Wildman–Crippen LogP) is 7.25. The summed E-state index contributed by atoms with van der Waals surface area (Å²) in [6, 6.07) is 19.9. The second kappa shape index (κ2) is 7.40. The molecule has 0 saturated heterocycles. The van der Waals surface area contributed by atoms with E-state index in [-0.39, 0.29) is 5.41 Å². The van der Waals surface area contributed by atoms with E-state index in [1.807, 2.05) is 18.6 Å². The molecule has 0 saturated carbocycles. The summed E-state index contributed by atoms with van der Waals surface area (Å²) in [6.07, 6.45) is 6.00. The molecule has 3 heteroatoms. The van der Waals surface area contributed by atoms with E-state index >= 15 is 0 Å². The Morgan fingerprint density at radius 2 is 1.43 bits per heavy atom. The van der Waals surface area contributed by atoms with Gasteiger partial charge in [0.2, 0.25) is 0 Å².